The standard InChI is InChI=1S/C31H33NO8S/c33-18-20-9-11-21(12-10-20)26-17-24(19-41-27-6-2-1-5-25(27)30(37)38)39-31(40-26)22-13-15-23(16-14-22)32-28(34)7-3-4-8-29(35)36/h1-2,5-6,9-16,24,26,31,33H,3-4,7-8,17-19H2,(H,32,34)(H,35,36)(H,37,38)/t24-,26+,31+/m0/s1. The van der Waals surface area contributed by atoms with Crippen LogP contribution < -0.4 is 5.32 Å². The maximum absolute atomic E-state index is 12.2. The first-order valence-corrected chi connectivity index (χ1v) is 14.4. The summed E-state index contributed by atoms with van der Waals surface area (Å²) in [6.45, 7) is -0.0506. The van der Waals surface area contributed by atoms with Crippen molar-refractivity contribution in [3.05, 3.63) is 95.1 Å². The Kier molecular flexibility index (Phi) is 10.9. The van der Waals surface area contributed by atoms with E-state index in [9.17, 15) is 24.6 Å². The summed E-state index contributed by atoms with van der Waals surface area (Å²) in [5, 5.41) is 30.5. The monoisotopic (exact) mass is 579 g/mol. The Morgan fingerprint density at radius 1 is 0.854 bits per heavy atom. The van der Waals surface area contributed by atoms with Gasteiger partial charge in [-0.2, -0.15) is 0 Å². The number of hydrogen-bond acceptors (Lipinski definition) is 7. The minimum absolute atomic E-state index is 0.0432. The number of amides is 1. The van der Waals surface area contributed by atoms with Crippen LogP contribution in [0.4, 0.5) is 5.69 Å². The molecule has 216 valence electrons. The van der Waals surface area contributed by atoms with Gasteiger partial charge in [-0.05, 0) is 48.2 Å². The summed E-state index contributed by atoms with van der Waals surface area (Å²) in [4.78, 5) is 35.2. The summed E-state index contributed by atoms with van der Waals surface area (Å²) in [5.74, 6) is -1.51. The lowest BCUT2D eigenvalue weighted by Gasteiger charge is -2.36. The third-order valence-corrected chi connectivity index (χ3v) is 7.87. The number of ether oxygens (including phenoxy) is 2. The van der Waals surface area contributed by atoms with Crippen LogP contribution in [0, 0.1) is 0 Å². The molecule has 1 amide bonds. The van der Waals surface area contributed by atoms with Crippen molar-refractivity contribution >= 4 is 35.3 Å². The zero-order chi connectivity index (χ0) is 29.2. The van der Waals surface area contributed by atoms with Crippen molar-refractivity contribution in [1.82, 2.24) is 0 Å². The molecule has 1 heterocycles. The number of carboxylic acid groups (broad SMARTS) is 2. The van der Waals surface area contributed by atoms with E-state index in [-0.39, 0.29) is 43.1 Å². The quantitative estimate of drug-likeness (QED) is 0.146. The largest absolute Gasteiger partial charge is 0.481 e. The fourth-order valence-corrected chi connectivity index (χ4v) is 5.55. The van der Waals surface area contributed by atoms with Gasteiger partial charge in [0.05, 0.1) is 24.4 Å². The predicted molar refractivity (Wildman–Crippen MR) is 154 cm³/mol. The Hall–Kier alpha value is -3.70. The van der Waals surface area contributed by atoms with Crippen LogP contribution in [-0.2, 0) is 25.7 Å². The van der Waals surface area contributed by atoms with Crippen LogP contribution in [0.3, 0.4) is 0 Å². The topological polar surface area (TPSA) is 142 Å². The first-order chi connectivity index (χ1) is 19.8. The number of thioether (sulfide) groups is 1. The molecular weight excluding hydrogens is 546 g/mol. The average molecular weight is 580 g/mol. The minimum atomic E-state index is -0.979. The molecule has 0 spiro atoms. The number of aliphatic hydroxyl groups is 1. The molecule has 0 aliphatic carbocycles. The number of hydrogen-bond donors (Lipinski definition) is 4. The molecule has 1 fully saturated rings. The SMILES string of the molecule is O=C(O)CCCCC(=O)Nc1ccc([C@@H]2O[C@H](CSc3ccccc3C(=O)O)C[C@H](c3ccc(CO)cc3)O2)cc1. The van der Waals surface area contributed by atoms with Crippen LogP contribution >= 0.6 is 11.8 Å². The maximum Gasteiger partial charge on any atom is 0.336 e. The lowest BCUT2D eigenvalue weighted by atomic mass is 10.0. The number of anilines is 1. The molecule has 0 saturated carbocycles. The summed E-state index contributed by atoms with van der Waals surface area (Å²) in [6.07, 6.45) is 0.577. The van der Waals surface area contributed by atoms with E-state index < -0.39 is 18.2 Å². The fraction of sp³-hybridized carbons (Fsp3) is 0.323. The number of rotatable bonds is 13. The maximum atomic E-state index is 12.2. The van der Waals surface area contributed by atoms with Gasteiger partial charge in [0, 0.05) is 41.2 Å². The summed E-state index contributed by atoms with van der Waals surface area (Å²) in [7, 11) is 0. The molecule has 9 nitrogen and oxygen atoms in total. The molecule has 1 aliphatic rings. The van der Waals surface area contributed by atoms with Gasteiger partial charge in [-0.15, -0.1) is 11.8 Å². The van der Waals surface area contributed by atoms with Crippen molar-refractivity contribution in [2.45, 2.75) is 62.1 Å². The molecular formula is C31H33NO8S. The second-order valence-electron chi connectivity index (χ2n) is 9.73. The van der Waals surface area contributed by atoms with Crippen LogP contribution in [0.1, 0.15) is 71.5 Å². The Morgan fingerprint density at radius 3 is 2.22 bits per heavy atom. The number of carbonyl (C=O) groups is 3. The molecule has 4 rings (SSSR count). The van der Waals surface area contributed by atoms with Crippen LogP contribution in [0.2, 0.25) is 0 Å². The van der Waals surface area contributed by atoms with Gasteiger partial charge in [0.2, 0.25) is 5.91 Å². The Balaban J connectivity index is 1.45. The van der Waals surface area contributed by atoms with E-state index in [1.165, 1.54) is 11.8 Å². The van der Waals surface area contributed by atoms with Gasteiger partial charge in [-0.1, -0.05) is 48.5 Å². The second-order valence-corrected chi connectivity index (χ2v) is 10.8. The molecule has 3 atom stereocenters. The highest BCUT2D eigenvalue weighted by molar-refractivity contribution is 7.99. The van der Waals surface area contributed by atoms with E-state index in [0.717, 1.165) is 16.7 Å². The fourth-order valence-electron chi connectivity index (χ4n) is 4.48. The summed E-state index contributed by atoms with van der Waals surface area (Å²) in [6, 6.07) is 21.6. The van der Waals surface area contributed by atoms with Crippen LogP contribution in [0.5, 0.6) is 0 Å². The Morgan fingerprint density at radius 2 is 1.54 bits per heavy atom. The number of aromatic carboxylic acids is 1. The molecule has 1 saturated heterocycles. The van der Waals surface area contributed by atoms with Crippen molar-refractivity contribution < 1.29 is 39.2 Å². The van der Waals surface area contributed by atoms with Crippen molar-refractivity contribution in [3.63, 3.8) is 0 Å². The van der Waals surface area contributed by atoms with Gasteiger partial charge in [0.25, 0.3) is 0 Å². The predicted octanol–water partition coefficient (Wildman–Crippen LogP) is 5.80. The van der Waals surface area contributed by atoms with Gasteiger partial charge < -0.3 is 30.1 Å². The van der Waals surface area contributed by atoms with Crippen LogP contribution in [0.25, 0.3) is 0 Å². The number of unbranched alkanes of at least 4 members (excludes halogenated alkanes) is 1. The van der Waals surface area contributed by atoms with Crippen molar-refractivity contribution in [2.24, 2.45) is 0 Å². The smallest absolute Gasteiger partial charge is 0.336 e. The molecule has 3 aromatic carbocycles. The highest BCUT2D eigenvalue weighted by Crippen LogP contribution is 2.40. The average Bonchev–Trinajstić information content (AvgIpc) is 2.98. The zero-order valence-corrected chi connectivity index (χ0v) is 23.2. The van der Waals surface area contributed by atoms with E-state index in [1.54, 1.807) is 30.3 Å². The van der Waals surface area contributed by atoms with Crippen LogP contribution in [0.15, 0.2) is 77.7 Å². The lowest BCUT2D eigenvalue weighted by molar-refractivity contribution is -0.245. The highest BCUT2D eigenvalue weighted by Gasteiger charge is 2.32. The van der Waals surface area contributed by atoms with E-state index in [4.69, 9.17) is 14.6 Å². The Labute approximate surface area is 242 Å². The second kappa shape index (κ2) is 14.8. The van der Waals surface area contributed by atoms with Crippen molar-refractivity contribution in [1.29, 1.82) is 0 Å². The normalized spacial score (nSPS) is 18.5. The molecule has 0 unspecified atom stereocenters. The first-order valence-electron chi connectivity index (χ1n) is 13.4. The number of aliphatic hydroxyl groups excluding tert-OH is 1. The molecule has 1 aliphatic heterocycles. The molecule has 41 heavy (non-hydrogen) atoms. The number of carboxylic acids is 2. The van der Waals surface area contributed by atoms with E-state index >= 15 is 0 Å². The molecule has 4 N–H and O–H groups in total. The number of benzene rings is 3. The minimum Gasteiger partial charge on any atom is -0.481 e. The van der Waals surface area contributed by atoms with Gasteiger partial charge in [0.1, 0.15) is 0 Å². The number of nitrogens with one attached hydrogen (secondary N) is 1. The third-order valence-electron chi connectivity index (χ3n) is 6.67. The third kappa shape index (κ3) is 8.89. The summed E-state index contributed by atoms with van der Waals surface area (Å²) >= 11 is 1.43. The Bertz CT molecular complexity index is 1330. The van der Waals surface area contributed by atoms with Gasteiger partial charge >= 0.3 is 11.9 Å². The molecule has 3 aromatic rings. The van der Waals surface area contributed by atoms with E-state index in [2.05, 4.69) is 5.32 Å². The van der Waals surface area contributed by atoms with Crippen molar-refractivity contribution in [2.75, 3.05) is 11.1 Å². The summed E-state index contributed by atoms with van der Waals surface area (Å²) < 4.78 is 12.7. The van der Waals surface area contributed by atoms with E-state index in [0.29, 0.717) is 35.6 Å². The van der Waals surface area contributed by atoms with Gasteiger partial charge in [0.15, 0.2) is 6.29 Å². The van der Waals surface area contributed by atoms with Gasteiger partial charge in [-0.25, -0.2) is 4.79 Å². The van der Waals surface area contributed by atoms with Crippen molar-refractivity contribution in [3.8, 4) is 0 Å². The zero-order valence-electron chi connectivity index (χ0n) is 22.4. The molecule has 0 bridgehead atoms. The lowest BCUT2D eigenvalue weighted by Crippen LogP contribution is -2.31. The van der Waals surface area contributed by atoms with Gasteiger partial charge in [-0.3, -0.25) is 9.59 Å². The number of aliphatic carboxylic acids is 1. The van der Waals surface area contributed by atoms with Crippen LogP contribution in [-0.4, -0.2) is 45.0 Å². The first kappa shape index (κ1) is 30.3. The highest BCUT2D eigenvalue weighted by atomic mass is 32.2. The van der Waals surface area contributed by atoms with E-state index in [1.807, 2.05) is 42.5 Å². The molecule has 10 heteroatoms. The summed E-state index contributed by atoms with van der Waals surface area (Å²) in [5.41, 5.74) is 3.37. The number of carbonyl (C=O) groups excluding carboxylic acids is 1. The molecule has 0 radical (unpaired) electrons. The molecule has 0 aromatic heterocycles.